The molecule has 3 rings (SSSR count). The van der Waals surface area contributed by atoms with E-state index in [1.165, 1.54) is 4.31 Å². The quantitative estimate of drug-likeness (QED) is 0.664. The molecule has 1 aliphatic carbocycles. The third-order valence-corrected chi connectivity index (χ3v) is 8.27. The lowest BCUT2D eigenvalue weighted by Gasteiger charge is -2.50. The van der Waals surface area contributed by atoms with Crippen LogP contribution in [0.15, 0.2) is 18.2 Å². The molecule has 0 unspecified atom stereocenters. The number of sulfonamides is 1. The predicted octanol–water partition coefficient (Wildman–Crippen LogP) is 1.93. The van der Waals surface area contributed by atoms with E-state index in [-0.39, 0.29) is 24.2 Å². The van der Waals surface area contributed by atoms with Crippen molar-refractivity contribution < 1.29 is 27.4 Å². The topological polar surface area (TPSA) is 94.2 Å². The number of rotatable bonds is 8. The Hall–Kier alpha value is -1.84. The second-order valence-corrected chi connectivity index (χ2v) is 9.99. The third-order valence-electron chi connectivity index (χ3n) is 6.40. The minimum absolute atomic E-state index is 0.00745. The fourth-order valence-electron chi connectivity index (χ4n) is 4.76. The van der Waals surface area contributed by atoms with Gasteiger partial charge < -0.3 is 19.5 Å². The minimum atomic E-state index is -3.38. The molecule has 1 aromatic rings. The van der Waals surface area contributed by atoms with Crippen LogP contribution in [0, 0.1) is 5.41 Å². The Morgan fingerprint density at radius 3 is 2.70 bits per heavy atom. The molecule has 1 amide bonds. The van der Waals surface area contributed by atoms with Crippen LogP contribution in [0.1, 0.15) is 37.7 Å². The van der Waals surface area contributed by atoms with Crippen LogP contribution in [0.25, 0.3) is 0 Å². The first kappa shape index (κ1) is 22.8. The molecule has 0 bridgehead atoms. The zero-order valence-electron chi connectivity index (χ0n) is 18.0. The van der Waals surface area contributed by atoms with E-state index in [9.17, 15) is 13.2 Å². The summed E-state index contributed by atoms with van der Waals surface area (Å²) >= 11 is 0. The highest BCUT2D eigenvalue weighted by Crippen LogP contribution is 2.47. The molecule has 1 heterocycles. The molecular formula is C21H32N2O6S. The fourth-order valence-corrected chi connectivity index (χ4v) is 6.66. The number of hydrogen-bond donors (Lipinski definition) is 1. The van der Waals surface area contributed by atoms with Crippen LogP contribution in [0.3, 0.4) is 0 Å². The summed E-state index contributed by atoms with van der Waals surface area (Å²) in [4.78, 5) is 13.5. The average molecular weight is 441 g/mol. The summed E-state index contributed by atoms with van der Waals surface area (Å²) in [6.45, 7) is 0.909. The van der Waals surface area contributed by atoms with Crippen molar-refractivity contribution in [2.24, 2.45) is 5.41 Å². The maximum Gasteiger partial charge on any atom is 0.228 e. The van der Waals surface area contributed by atoms with Gasteiger partial charge in [-0.3, -0.25) is 4.79 Å². The molecule has 1 aromatic carbocycles. The van der Waals surface area contributed by atoms with Crippen molar-refractivity contribution in [3.63, 3.8) is 0 Å². The average Bonchev–Trinajstić information content (AvgIpc) is 2.76. The molecular weight excluding hydrogens is 408 g/mol. The Kier molecular flexibility index (Phi) is 7.26. The first-order valence-electron chi connectivity index (χ1n) is 10.4. The maximum atomic E-state index is 13.5. The van der Waals surface area contributed by atoms with Crippen molar-refractivity contribution in [3.05, 3.63) is 23.8 Å². The molecule has 2 atom stereocenters. The Labute approximate surface area is 178 Å². The zero-order chi connectivity index (χ0) is 21.8. The highest BCUT2D eigenvalue weighted by Gasteiger charge is 2.55. The second-order valence-electron chi connectivity index (χ2n) is 7.95. The molecule has 1 saturated carbocycles. The van der Waals surface area contributed by atoms with E-state index in [1.807, 2.05) is 12.1 Å². The second kappa shape index (κ2) is 9.53. The van der Waals surface area contributed by atoms with Gasteiger partial charge in [0.15, 0.2) is 0 Å². The number of nitrogens with one attached hydrogen (secondary N) is 1. The van der Waals surface area contributed by atoms with Crippen molar-refractivity contribution in [2.75, 3.05) is 40.2 Å². The number of carbonyl (C=O) groups excluding carboxylic acids is 1. The van der Waals surface area contributed by atoms with Crippen LogP contribution in [0.2, 0.25) is 0 Å². The van der Waals surface area contributed by atoms with E-state index >= 15 is 0 Å². The van der Waals surface area contributed by atoms with Gasteiger partial charge >= 0.3 is 0 Å². The van der Waals surface area contributed by atoms with Crippen molar-refractivity contribution >= 4 is 15.9 Å². The SMILES string of the molecule is COCCN1[C@@H]2CCCC[C@@]2(C(=O)NCc2ccc(OC)cc2OC)CCS1(=O)=O. The molecule has 0 aromatic heterocycles. The number of hydrogen-bond acceptors (Lipinski definition) is 6. The Balaban J connectivity index is 1.81. The summed E-state index contributed by atoms with van der Waals surface area (Å²) in [6.07, 6.45) is 3.60. The molecule has 0 spiro atoms. The fraction of sp³-hybridized carbons (Fsp3) is 0.667. The summed E-state index contributed by atoms with van der Waals surface area (Å²) in [5, 5.41) is 3.06. The van der Waals surface area contributed by atoms with E-state index in [2.05, 4.69) is 5.32 Å². The maximum absolute atomic E-state index is 13.5. The normalized spacial score (nSPS) is 25.9. The van der Waals surface area contributed by atoms with Crippen LogP contribution >= 0.6 is 0 Å². The number of ether oxygens (including phenoxy) is 3. The summed E-state index contributed by atoms with van der Waals surface area (Å²) in [5.41, 5.74) is 0.145. The monoisotopic (exact) mass is 440 g/mol. The van der Waals surface area contributed by atoms with Crippen molar-refractivity contribution in [2.45, 2.75) is 44.7 Å². The van der Waals surface area contributed by atoms with Crippen molar-refractivity contribution in [3.8, 4) is 11.5 Å². The first-order chi connectivity index (χ1) is 14.4. The van der Waals surface area contributed by atoms with Crippen LogP contribution < -0.4 is 14.8 Å². The lowest BCUT2D eigenvalue weighted by molar-refractivity contribution is -0.137. The van der Waals surface area contributed by atoms with Gasteiger partial charge in [0.05, 0.1) is 32.0 Å². The number of benzene rings is 1. The number of methoxy groups -OCH3 is 3. The molecule has 2 fully saturated rings. The Bertz CT molecular complexity index is 859. The summed E-state index contributed by atoms with van der Waals surface area (Å²) in [6, 6.07) is 5.15. The van der Waals surface area contributed by atoms with Crippen LogP contribution in [-0.4, -0.2) is 64.9 Å². The molecule has 0 radical (unpaired) electrons. The molecule has 30 heavy (non-hydrogen) atoms. The number of fused-ring (bicyclic) bond motifs is 1. The van der Waals surface area contributed by atoms with Crippen molar-refractivity contribution in [1.82, 2.24) is 9.62 Å². The Morgan fingerprint density at radius 1 is 1.20 bits per heavy atom. The number of amides is 1. The van der Waals surface area contributed by atoms with Gasteiger partial charge in [0.25, 0.3) is 0 Å². The zero-order valence-corrected chi connectivity index (χ0v) is 18.8. The van der Waals surface area contributed by atoms with Gasteiger partial charge in [-0.15, -0.1) is 0 Å². The largest absolute Gasteiger partial charge is 0.497 e. The van der Waals surface area contributed by atoms with Gasteiger partial charge in [0.2, 0.25) is 15.9 Å². The molecule has 1 N–H and O–H groups in total. The van der Waals surface area contributed by atoms with Crippen molar-refractivity contribution in [1.29, 1.82) is 0 Å². The lowest BCUT2D eigenvalue weighted by atomic mass is 9.67. The smallest absolute Gasteiger partial charge is 0.228 e. The summed E-state index contributed by atoms with van der Waals surface area (Å²) in [7, 11) is 1.34. The van der Waals surface area contributed by atoms with Gasteiger partial charge in [-0.2, -0.15) is 4.31 Å². The number of nitrogens with zero attached hydrogens (tertiary/aromatic N) is 1. The third kappa shape index (κ3) is 4.43. The van der Waals surface area contributed by atoms with Gasteiger partial charge in [0.1, 0.15) is 11.5 Å². The standard InChI is InChI=1S/C21H32N2O6S/c1-27-12-11-23-19-6-4-5-9-21(19,10-13-30(23,25)26)20(24)22-15-16-7-8-17(28-2)14-18(16)29-3/h7-8,14,19H,4-6,9-13,15H2,1-3H3,(H,22,24)/t19-,21-/m1/s1. The Morgan fingerprint density at radius 2 is 2.00 bits per heavy atom. The molecule has 1 saturated heterocycles. The molecule has 2 aliphatic rings. The summed E-state index contributed by atoms with van der Waals surface area (Å²) in [5.74, 6) is 1.23. The highest BCUT2D eigenvalue weighted by molar-refractivity contribution is 7.89. The highest BCUT2D eigenvalue weighted by atomic mass is 32.2. The predicted molar refractivity (Wildman–Crippen MR) is 113 cm³/mol. The van der Waals surface area contributed by atoms with E-state index in [0.29, 0.717) is 43.9 Å². The molecule has 9 heteroatoms. The van der Waals surface area contributed by atoms with Gasteiger partial charge in [-0.05, 0) is 31.4 Å². The number of carbonyl (C=O) groups is 1. The van der Waals surface area contributed by atoms with Gasteiger partial charge in [-0.25, -0.2) is 8.42 Å². The minimum Gasteiger partial charge on any atom is -0.497 e. The van der Waals surface area contributed by atoms with E-state index < -0.39 is 15.4 Å². The van der Waals surface area contributed by atoms with E-state index in [4.69, 9.17) is 14.2 Å². The van der Waals surface area contributed by atoms with Crippen LogP contribution in [0.5, 0.6) is 11.5 Å². The summed E-state index contributed by atoms with van der Waals surface area (Å²) < 4.78 is 42.8. The molecule has 168 valence electrons. The van der Waals surface area contributed by atoms with E-state index in [0.717, 1.165) is 18.4 Å². The van der Waals surface area contributed by atoms with E-state index in [1.54, 1.807) is 27.4 Å². The first-order valence-corrected chi connectivity index (χ1v) is 12.0. The molecule has 1 aliphatic heterocycles. The lowest BCUT2D eigenvalue weighted by Crippen LogP contribution is -2.63. The van der Waals surface area contributed by atoms with Crippen LogP contribution in [-0.2, 0) is 26.1 Å². The van der Waals surface area contributed by atoms with Crippen LogP contribution in [0.4, 0.5) is 0 Å². The molecule has 8 nitrogen and oxygen atoms in total. The van der Waals surface area contributed by atoms with Gasteiger partial charge in [-0.1, -0.05) is 12.8 Å². The van der Waals surface area contributed by atoms with Gasteiger partial charge in [0, 0.05) is 37.9 Å².